The predicted molar refractivity (Wildman–Crippen MR) is 57.6 cm³/mol. The number of hydrogen-bond donors (Lipinski definition) is 1. The van der Waals surface area contributed by atoms with Crippen LogP contribution in [0.4, 0.5) is 5.69 Å². The first kappa shape index (κ1) is 12.5. The number of nitro groups is 1. The van der Waals surface area contributed by atoms with Crippen molar-refractivity contribution in [1.82, 2.24) is 4.57 Å². The Morgan fingerprint density at radius 2 is 2.25 bits per heavy atom. The van der Waals surface area contributed by atoms with Gasteiger partial charge in [0.1, 0.15) is 0 Å². The number of hydrogen-bond acceptors (Lipinski definition) is 4. The smallest absolute Gasteiger partial charge is 0.310 e. The third-order valence-electron chi connectivity index (χ3n) is 1.91. The van der Waals surface area contributed by atoms with E-state index in [1.165, 1.54) is 12.3 Å². The molecule has 0 aliphatic carbocycles. The number of nitrogens with zero attached hydrogens (tertiary/aromatic N) is 2. The third-order valence-corrected chi connectivity index (χ3v) is 2.55. The lowest BCUT2D eigenvalue weighted by atomic mass is 10.4. The molecule has 1 aromatic heterocycles. The molecule has 1 unspecified atom stereocenters. The zero-order valence-corrected chi connectivity index (χ0v) is 9.05. The Labute approximate surface area is 93.1 Å². The van der Waals surface area contributed by atoms with Crippen LogP contribution in [0.3, 0.4) is 0 Å². The average molecular weight is 246 g/mol. The van der Waals surface area contributed by atoms with Crippen molar-refractivity contribution in [1.29, 1.82) is 0 Å². The first-order valence-electron chi connectivity index (χ1n) is 4.43. The van der Waals surface area contributed by atoms with Gasteiger partial charge in [0.05, 0.1) is 10.7 Å². The molecule has 0 radical (unpaired) electrons. The molecule has 1 aromatic rings. The van der Waals surface area contributed by atoms with Gasteiger partial charge >= 0.3 is 11.2 Å². The van der Waals surface area contributed by atoms with Gasteiger partial charge in [0.15, 0.2) is 11.1 Å². The molecule has 0 aromatic carbocycles. The van der Waals surface area contributed by atoms with Crippen molar-refractivity contribution in [2.24, 2.45) is 0 Å². The minimum Gasteiger partial charge on any atom is -0.310 e. The monoisotopic (exact) mass is 246 g/mol. The van der Waals surface area contributed by atoms with Gasteiger partial charge in [-0.15, -0.1) is 0 Å². The Kier molecular flexibility index (Phi) is 4.32. The fraction of sp³-hybridized carbons (Fsp3) is 0.375. The SMILES string of the molecule is O=c1c([N+](=O)[O-])cccn1CCCS(=O)O. The number of rotatable bonds is 5. The van der Waals surface area contributed by atoms with E-state index in [1.807, 2.05) is 0 Å². The first-order chi connectivity index (χ1) is 7.52. The maximum Gasteiger partial charge on any atom is 0.334 e. The van der Waals surface area contributed by atoms with E-state index >= 15 is 0 Å². The highest BCUT2D eigenvalue weighted by atomic mass is 32.2. The highest BCUT2D eigenvalue weighted by Crippen LogP contribution is 2.02. The summed E-state index contributed by atoms with van der Waals surface area (Å²) in [5.74, 6) is 0.0368. The maximum absolute atomic E-state index is 11.5. The van der Waals surface area contributed by atoms with E-state index in [4.69, 9.17) is 4.55 Å². The van der Waals surface area contributed by atoms with E-state index < -0.39 is 27.3 Å². The Hall–Kier alpha value is -1.54. The van der Waals surface area contributed by atoms with Crippen LogP contribution in [0.25, 0.3) is 0 Å². The summed E-state index contributed by atoms with van der Waals surface area (Å²) in [5.41, 5.74) is -1.19. The lowest BCUT2D eigenvalue weighted by molar-refractivity contribution is -0.386. The van der Waals surface area contributed by atoms with Crippen LogP contribution in [0.1, 0.15) is 6.42 Å². The van der Waals surface area contributed by atoms with Crippen molar-refractivity contribution in [3.8, 4) is 0 Å². The van der Waals surface area contributed by atoms with E-state index in [-0.39, 0.29) is 12.3 Å². The van der Waals surface area contributed by atoms with Crippen molar-refractivity contribution in [2.45, 2.75) is 13.0 Å². The molecule has 0 bridgehead atoms. The van der Waals surface area contributed by atoms with Gasteiger partial charge in [0.25, 0.3) is 0 Å². The normalized spacial score (nSPS) is 12.3. The lowest BCUT2D eigenvalue weighted by Gasteiger charge is -2.03. The summed E-state index contributed by atoms with van der Waals surface area (Å²) in [6.45, 7) is 0.187. The van der Waals surface area contributed by atoms with Crippen LogP contribution in [0.2, 0.25) is 0 Å². The predicted octanol–water partition coefficient (Wildman–Crippen LogP) is 0.368. The summed E-state index contributed by atoms with van der Waals surface area (Å²) in [4.78, 5) is 21.2. The van der Waals surface area contributed by atoms with Crippen molar-refractivity contribution in [2.75, 3.05) is 5.75 Å². The molecule has 1 atom stereocenters. The standard InChI is InChI=1S/C8H10N2O5S/c11-8-7(10(12)13)3-1-4-9(8)5-2-6-16(14)15/h1,3-4H,2,5-6H2,(H,14,15). The largest absolute Gasteiger partial charge is 0.334 e. The van der Waals surface area contributed by atoms with Gasteiger partial charge in [-0.3, -0.25) is 14.9 Å². The molecule has 0 spiro atoms. The van der Waals surface area contributed by atoms with E-state index in [2.05, 4.69) is 0 Å². The topological polar surface area (TPSA) is 102 Å². The van der Waals surface area contributed by atoms with Crippen molar-refractivity contribution < 1.29 is 13.7 Å². The molecule has 1 heterocycles. The van der Waals surface area contributed by atoms with Gasteiger partial charge in [-0.1, -0.05) is 0 Å². The van der Waals surface area contributed by atoms with Crippen LogP contribution in [0, 0.1) is 10.1 Å². The summed E-state index contributed by atoms with van der Waals surface area (Å²) in [7, 11) is 0. The van der Waals surface area contributed by atoms with Crippen molar-refractivity contribution in [3.05, 3.63) is 38.8 Å². The summed E-state index contributed by atoms with van der Waals surface area (Å²) in [6, 6.07) is 2.53. The quantitative estimate of drug-likeness (QED) is 0.459. The molecule has 7 nitrogen and oxygen atoms in total. The molecule has 88 valence electrons. The number of aryl methyl sites for hydroxylation is 1. The molecule has 0 saturated carbocycles. The van der Waals surface area contributed by atoms with Crippen LogP contribution < -0.4 is 5.56 Å². The zero-order valence-electron chi connectivity index (χ0n) is 8.24. The number of aromatic nitrogens is 1. The van der Waals surface area contributed by atoms with E-state index in [9.17, 15) is 19.1 Å². The zero-order chi connectivity index (χ0) is 12.1. The van der Waals surface area contributed by atoms with Crippen LogP contribution in [-0.2, 0) is 17.6 Å². The Bertz CT molecular complexity index is 470. The molecule has 8 heteroatoms. The molecule has 1 N–H and O–H groups in total. The van der Waals surface area contributed by atoms with E-state index in [1.54, 1.807) is 0 Å². The van der Waals surface area contributed by atoms with Gasteiger partial charge < -0.3 is 9.12 Å². The minimum absolute atomic E-state index is 0.0368. The molecule has 0 amide bonds. The van der Waals surface area contributed by atoms with Gasteiger partial charge in [0.2, 0.25) is 0 Å². The molecule has 1 rings (SSSR count). The Morgan fingerprint density at radius 3 is 2.81 bits per heavy atom. The molecule has 0 saturated heterocycles. The highest BCUT2D eigenvalue weighted by molar-refractivity contribution is 7.79. The average Bonchev–Trinajstić information content (AvgIpc) is 2.19. The molecule has 16 heavy (non-hydrogen) atoms. The summed E-state index contributed by atoms with van der Waals surface area (Å²) < 4.78 is 20.0. The fourth-order valence-electron chi connectivity index (χ4n) is 1.20. The van der Waals surface area contributed by atoms with Crippen LogP contribution in [-0.4, -0.2) is 24.0 Å². The van der Waals surface area contributed by atoms with Crippen LogP contribution in [0.5, 0.6) is 0 Å². The fourth-order valence-corrected chi connectivity index (χ4v) is 1.57. The van der Waals surface area contributed by atoms with Gasteiger partial charge in [-0.25, -0.2) is 4.21 Å². The van der Waals surface area contributed by atoms with Gasteiger partial charge in [-0.05, 0) is 12.5 Å². The van der Waals surface area contributed by atoms with Gasteiger partial charge in [-0.2, -0.15) is 0 Å². The molecule has 0 aliphatic heterocycles. The van der Waals surface area contributed by atoms with Gasteiger partial charge in [0, 0.05) is 18.8 Å². The summed E-state index contributed by atoms with van der Waals surface area (Å²) in [5, 5.41) is 10.5. The van der Waals surface area contributed by atoms with Crippen LogP contribution in [0.15, 0.2) is 23.1 Å². The third kappa shape index (κ3) is 3.24. The van der Waals surface area contributed by atoms with Crippen molar-refractivity contribution >= 4 is 16.8 Å². The first-order valence-corrected chi connectivity index (χ1v) is 5.71. The highest BCUT2D eigenvalue weighted by Gasteiger charge is 2.12. The molecule has 0 aliphatic rings. The van der Waals surface area contributed by atoms with E-state index in [0.717, 1.165) is 10.6 Å². The second kappa shape index (κ2) is 5.52. The van der Waals surface area contributed by atoms with Crippen molar-refractivity contribution in [3.63, 3.8) is 0 Å². The maximum atomic E-state index is 11.5. The Morgan fingerprint density at radius 1 is 1.56 bits per heavy atom. The summed E-state index contributed by atoms with van der Waals surface area (Å²) in [6.07, 6.45) is 1.72. The minimum atomic E-state index is -1.91. The number of pyridine rings is 1. The summed E-state index contributed by atoms with van der Waals surface area (Å²) >= 11 is -1.91. The molecule has 0 fully saturated rings. The lowest BCUT2D eigenvalue weighted by Crippen LogP contribution is -2.22. The second-order valence-corrected chi connectivity index (χ2v) is 4.08. The second-order valence-electron chi connectivity index (χ2n) is 3.03. The van der Waals surface area contributed by atoms with E-state index in [0.29, 0.717) is 6.42 Å². The molecular weight excluding hydrogens is 236 g/mol. The van der Waals surface area contributed by atoms with Crippen LogP contribution >= 0.6 is 0 Å². The Balaban J connectivity index is 2.82. The molecular formula is C8H10N2O5S.